The molecule has 0 bridgehead atoms. The minimum atomic E-state index is -3.60. The van der Waals surface area contributed by atoms with Gasteiger partial charge in [0, 0.05) is 11.6 Å². The van der Waals surface area contributed by atoms with Crippen LogP contribution >= 0.6 is 0 Å². The van der Waals surface area contributed by atoms with Crippen molar-refractivity contribution in [3.05, 3.63) is 77.5 Å². The van der Waals surface area contributed by atoms with Crippen molar-refractivity contribution >= 4 is 20.9 Å². The van der Waals surface area contributed by atoms with Gasteiger partial charge < -0.3 is 0 Å². The number of hydrogen-bond donors (Lipinski definition) is 0. The maximum absolute atomic E-state index is 13.1. The number of aryl methyl sites for hydroxylation is 2. The molecule has 25 heavy (non-hydrogen) atoms. The average Bonchev–Trinajstić information content (AvgIpc) is 2.99. The van der Waals surface area contributed by atoms with Crippen LogP contribution in [0.4, 0.5) is 0 Å². The lowest BCUT2D eigenvalue weighted by molar-refractivity contribution is 0.589. The lowest BCUT2D eigenvalue weighted by Gasteiger charge is -2.07. The van der Waals surface area contributed by atoms with Gasteiger partial charge in [-0.25, -0.2) is 12.4 Å². The molecule has 0 amide bonds. The molecule has 4 heteroatoms. The number of nitrogens with zero attached hydrogens (tertiary/aromatic N) is 1. The number of benzene rings is 2. The third-order valence-corrected chi connectivity index (χ3v) is 6.31. The van der Waals surface area contributed by atoms with Crippen molar-refractivity contribution < 1.29 is 8.42 Å². The third-order valence-electron chi connectivity index (χ3n) is 4.62. The van der Waals surface area contributed by atoms with Crippen molar-refractivity contribution in [1.82, 2.24) is 3.97 Å². The predicted molar refractivity (Wildman–Crippen MR) is 103 cm³/mol. The molecule has 0 N–H and O–H groups in total. The van der Waals surface area contributed by atoms with Crippen LogP contribution in [0.15, 0.2) is 71.3 Å². The molecule has 0 fully saturated rings. The van der Waals surface area contributed by atoms with Gasteiger partial charge >= 0.3 is 0 Å². The monoisotopic (exact) mass is 353 g/mol. The molecule has 0 aliphatic heterocycles. The van der Waals surface area contributed by atoms with Gasteiger partial charge in [0.05, 0.1) is 10.4 Å². The fourth-order valence-electron chi connectivity index (χ4n) is 2.92. The van der Waals surface area contributed by atoms with E-state index in [2.05, 4.69) is 13.0 Å². The van der Waals surface area contributed by atoms with Gasteiger partial charge in [-0.15, -0.1) is 0 Å². The second kappa shape index (κ2) is 6.89. The quantitative estimate of drug-likeness (QED) is 0.600. The Balaban J connectivity index is 2.11. The van der Waals surface area contributed by atoms with Crippen LogP contribution in [0.2, 0.25) is 0 Å². The molecule has 0 saturated carbocycles. The van der Waals surface area contributed by atoms with Crippen molar-refractivity contribution in [2.45, 2.75) is 38.5 Å². The third kappa shape index (κ3) is 3.40. The van der Waals surface area contributed by atoms with Crippen LogP contribution in [0.3, 0.4) is 0 Å². The van der Waals surface area contributed by atoms with Gasteiger partial charge in [-0.2, -0.15) is 0 Å². The van der Waals surface area contributed by atoms with Gasteiger partial charge in [0.15, 0.2) is 0 Å². The summed E-state index contributed by atoms with van der Waals surface area (Å²) in [7, 11) is -3.60. The first kappa shape index (κ1) is 17.5. The van der Waals surface area contributed by atoms with Crippen LogP contribution in [0.1, 0.15) is 31.4 Å². The first-order valence-electron chi connectivity index (χ1n) is 8.46. The molecule has 0 radical (unpaired) electrons. The van der Waals surface area contributed by atoms with E-state index >= 15 is 0 Å². The fraction of sp³-hybridized carbons (Fsp3) is 0.238. The predicted octanol–water partition coefficient (Wildman–Crippen LogP) is 5.09. The molecule has 1 heterocycles. The molecule has 0 spiro atoms. The Labute approximate surface area is 149 Å². The lowest BCUT2D eigenvalue weighted by atomic mass is 10.0. The molecule has 3 rings (SSSR count). The fourth-order valence-corrected chi connectivity index (χ4v) is 4.31. The molecule has 0 unspecified atom stereocenters. The summed E-state index contributed by atoms with van der Waals surface area (Å²) in [6.45, 7) is 6.08. The highest BCUT2D eigenvalue weighted by Gasteiger charge is 2.20. The molecule has 1 aromatic heterocycles. The van der Waals surface area contributed by atoms with E-state index in [0.29, 0.717) is 4.90 Å². The van der Waals surface area contributed by atoms with E-state index in [1.807, 2.05) is 50.2 Å². The highest BCUT2D eigenvalue weighted by Crippen LogP contribution is 2.27. The molecule has 130 valence electrons. The second-order valence-corrected chi connectivity index (χ2v) is 8.24. The van der Waals surface area contributed by atoms with E-state index in [0.717, 1.165) is 34.9 Å². The molecule has 0 atom stereocenters. The highest BCUT2D eigenvalue weighted by atomic mass is 32.2. The Morgan fingerprint density at radius 1 is 1.08 bits per heavy atom. The maximum atomic E-state index is 13.1. The Bertz CT molecular complexity index is 1030. The summed E-state index contributed by atoms with van der Waals surface area (Å²) in [6, 6.07) is 14.7. The first-order chi connectivity index (χ1) is 11.9. The number of fused-ring (bicyclic) bond motifs is 1. The van der Waals surface area contributed by atoms with Gasteiger partial charge in [-0.3, -0.25) is 0 Å². The van der Waals surface area contributed by atoms with Crippen LogP contribution < -0.4 is 0 Å². The topological polar surface area (TPSA) is 39.1 Å². The van der Waals surface area contributed by atoms with Gasteiger partial charge in [0.25, 0.3) is 10.0 Å². The van der Waals surface area contributed by atoms with E-state index in [9.17, 15) is 8.42 Å². The van der Waals surface area contributed by atoms with Crippen molar-refractivity contribution in [3.8, 4) is 0 Å². The van der Waals surface area contributed by atoms with Crippen LogP contribution in [0.5, 0.6) is 0 Å². The summed E-state index contributed by atoms with van der Waals surface area (Å²) >= 11 is 0. The zero-order chi connectivity index (χ0) is 18.0. The molecule has 3 aromatic rings. The van der Waals surface area contributed by atoms with Crippen molar-refractivity contribution in [2.24, 2.45) is 0 Å². The van der Waals surface area contributed by atoms with E-state index in [1.54, 1.807) is 18.3 Å². The van der Waals surface area contributed by atoms with E-state index in [-0.39, 0.29) is 0 Å². The van der Waals surface area contributed by atoms with Crippen molar-refractivity contribution in [3.63, 3.8) is 0 Å². The molecular weight excluding hydrogens is 330 g/mol. The molecular formula is C21H23NO2S. The average molecular weight is 353 g/mol. The van der Waals surface area contributed by atoms with Crippen LogP contribution in [-0.2, 0) is 16.4 Å². The van der Waals surface area contributed by atoms with E-state index in [4.69, 9.17) is 0 Å². The number of para-hydroxylation sites is 1. The van der Waals surface area contributed by atoms with Gasteiger partial charge in [0.2, 0.25) is 0 Å². The Morgan fingerprint density at radius 3 is 2.44 bits per heavy atom. The largest absolute Gasteiger partial charge is 0.268 e. The highest BCUT2D eigenvalue weighted by molar-refractivity contribution is 7.90. The Morgan fingerprint density at radius 2 is 1.76 bits per heavy atom. The Kier molecular flexibility index (Phi) is 4.82. The van der Waals surface area contributed by atoms with Crippen molar-refractivity contribution in [1.29, 1.82) is 0 Å². The Hall–Kier alpha value is -2.33. The van der Waals surface area contributed by atoms with Crippen LogP contribution in [-0.4, -0.2) is 12.4 Å². The standard InChI is InChI=1S/C21H23NO2S/c1-4-16(2)9-12-18-15-22(21-8-6-5-7-20(18)21)25(23,24)19-13-10-17(3)11-14-19/h4-8,10-11,13-15H,9,12H2,1-3H3/b16-4-. The molecule has 2 aromatic carbocycles. The zero-order valence-electron chi connectivity index (χ0n) is 14.9. The molecule has 3 nitrogen and oxygen atoms in total. The van der Waals surface area contributed by atoms with Gasteiger partial charge in [0.1, 0.15) is 0 Å². The van der Waals surface area contributed by atoms with Crippen molar-refractivity contribution in [2.75, 3.05) is 0 Å². The normalized spacial score (nSPS) is 12.7. The van der Waals surface area contributed by atoms with Gasteiger partial charge in [-0.1, -0.05) is 47.5 Å². The van der Waals surface area contributed by atoms with Gasteiger partial charge in [-0.05, 0) is 57.4 Å². The van der Waals surface area contributed by atoms with Crippen LogP contribution in [0, 0.1) is 6.92 Å². The molecule has 0 saturated heterocycles. The lowest BCUT2D eigenvalue weighted by Crippen LogP contribution is -2.11. The minimum Gasteiger partial charge on any atom is -0.241 e. The summed E-state index contributed by atoms with van der Waals surface area (Å²) in [4.78, 5) is 0.315. The minimum absolute atomic E-state index is 0.315. The van der Waals surface area contributed by atoms with E-state index < -0.39 is 10.0 Å². The zero-order valence-corrected chi connectivity index (χ0v) is 15.7. The number of hydrogen-bond acceptors (Lipinski definition) is 2. The maximum Gasteiger partial charge on any atom is 0.268 e. The first-order valence-corrected chi connectivity index (χ1v) is 9.90. The molecule has 0 aliphatic carbocycles. The summed E-state index contributed by atoms with van der Waals surface area (Å²) in [5.41, 5.74) is 4.14. The number of rotatable bonds is 5. The number of aromatic nitrogens is 1. The summed E-state index contributed by atoms with van der Waals surface area (Å²) in [6.07, 6.45) is 5.63. The summed E-state index contributed by atoms with van der Waals surface area (Å²) < 4.78 is 27.7. The molecule has 0 aliphatic rings. The smallest absolute Gasteiger partial charge is 0.241 e. The second-order valence-electron chi connectivity index (χ2n) is 6.42. The summed E-state index contributed by atoms with van der Waals surface area (Å²) in [5, 5.41) is 1.00. The number of allylic oxidation sites excluding steroid dienone is 2. The van der Waals surface area contributed by atoms with Crippen LogP contribution in [0.25, 0.3) is 10.9 Å². The SMILES string of the molecule is C/C=C(/C)CCc1cn(S(=O)(=O)c2ccc(C)cc2)c2ccccc12. The van der Waals surface area contributed by atoms with E-state index in [1.165, 1.54) is 9.55 Å². The summed E-state index contributed by atoms with van der Waals surface area (Å²) in [5.74, 6) is 0.